The molecule has 3 rings (SSSR count). The normalized spacial score (nSPS) is 15.8. The quantitative estimate of drug-likeness (QED) is 0.667. The van der Waals surface area contributed by atoms with Crippen molar-refractivity contribution in [1.82, 2.24) is 5.32 Å². The highest BCUT2D eigenvalue weighted by atomic mass is 35.5. The number of carbonyl (C=O) groups excluding carboxylic acids is 1. The van der Waals surface area contributed by atoms with E-state index in [4.69, 9.17) is 21.1 Å². The number of carbonyl (C=O) groups is 1. The predicted molar refractivity (Wildman–Crippen MR) is 112 cm³/mol. The molecule has 0 saturated carbocycles. The second-order valence-corrected chi connectivity index (χ2v) is 8.90. The van der Waals surface area contributed by atoms with Crippen LogP contribution in [-0.2, 0) is 27.7 Å². The number of halogens is 2. The number of methoxy groups -OCH3 is 2. The minimum atomic E-state index is -3.97. The SMILES string of the molecule is COc1ccc(Cl)cc1NS(=O)(=O)c1ccc(OC)c2c1CC[C@H](NC(=O)CF)C2. The Hall–Kier alpha value is -2.52. The van der Waals surface area contributed by atoms with Crippen LogP contribution in [0.1, 0.15) is 17.5 Å². The average molecular weight is 457 g/mol. The number of ether oxygens (including phenoxy) is 2. The molecule has 0 aromatic heterocycles. The Labute approximate surface area is 179 Å². The molecule has 0 radical (unpaired) electrons. The van der Waals surface area contributed by atoms with Crippen molar-refractivity contribution in [1.29, 1.82) is 0 Å². The Morgan fingerprint density at radius 2 is 1.87 bits per heavy atom. The number of hydrogen-bond acceptors (Lipinski definition) is 5. The van der Waals surface area contributed by atoms with Gasteiger partial charge in [0.1, 0.15) is 11.5 Å². The van der Waals surface area contributed by atoms with Gasteiger partial charge in [0.25, 0.3) is 15.9 Å². The number of hydrogen-bond donors (Lipinski definition) is 2. The van der Waals surface area contributed by atoms with Crippen molar-refractivity contribution in [3.05, 3.63) is 46.5 Å². The molecule has 0 fully saturated rings. The smallest absolute Gasteiger partial charge is 0.262 e. The molecule has 2 N–H and O–H groups in total. The summed E-state index contributed by atoms with van der Waals surface area (Å²) in [5, 5.41) is 2.97. The van der Waals surface area contributed by atoms with Gasteiger partial charge >= 0.3 is 0 Å². The highest BCUT2D eigenvalue weighted by molar-refractivity contribution is 7.92. The van der Waals surface area contributed by atoms with E-state index >= 15 is 0 Å². The molecular weight excluding hydrogens is 435 g/mol. The second-order valence-electron chi connectivity index (χ2n) is 6.81. The maximum absolute atomic E-state index is 13.2. The van der Waals surface area contributed by atoms with Gasteiger partial charge in [-0.3, -0.25) is 9.52 Å². The Morgan fingerprint density at radius 1 is 1.17 bits per heavy atom. The van der Waals surface area contributed by atoms with E-state index in [0.717, 1.165) is 0 Å². The third-order valence-corrected chi connectivity index (χ3v) is 6.63. The molecule has 162 valence electrons. The van der Waals surface area contributed by atoms with Gasteiger partial charge < -0.3 is 14.8 Å². The summed E-state index contributed by atoms with van der Waals surface area (Å²) in [5.41, 5.74) is 1.50. The molecule has 2 aromatic carbocycles. The van der Waals surface area contributed by atoms with Gasteiger partial charge in [-0.05, 0) is 55.2 Å². The maximum atomic E-state index is 13.2. The first-order valence-corrected chi connectivity index (χ1v) is 11.1. The van der Waals surface area contributed by atoms with Crippen molar-refractivity contribution < 1.29 is 27.1 Å². The fourth-order valence-electron chi connectivity index (χ4n) is 3.61. The van der Waals surface area contributed by atoms with Gasteiger partial charge in [0.15, 0.2) is 6.67 Å². The minimum Gasteiger partial charge on any atom is -0.496 e. The number of benzene rings is 2. The molecule has 0 unspecified atom stereocenters. The topological polar surface area (TPSA) is 93.7 Å². The van der Waals surface area contributed by atoms with Gasteiger partial charge in [0, 0.05) is 16.6 Å². The number of amides is 1. The van der Waals surface area contributed by atoms with Crippen molar-refractivity contribution in [3.8, 4) is 11.5 Å². The van der Waals surface area contributed by atoms with Crippen LogP contribution >= 0.6 is 11.6 Å². The molecule has 0 bridgehead atoms. The van der Waals surface area contributed by atoms with Crippen LogP contribution in [0, 0.1) is 0 Å². The van der Waals surface area contributed by atoms with E-state index in [0.29, 0.717) is 46.9 Å². The van der Waals surface area contributed by atoms with Gasteiger partial charge in [-0.25, -0.2) is 12.8 Å². The summed E-state index contributed by atoms with van der Waals surface area (Å²) in [7, 11) is -1.04. The van der Waals surface area contributed by atoms with E-state index in [9.17, 15) is 17.6 Å². The molecule has 0 saturated heterocycles. The van der Waals surface area contributed by atoms with Crippen LogP contribution in [0.4, 0.5) is 10.1 Å². The lowest BCUT2D eigenvalue weighted by molar-refractivity contribution is -0.122. The number of fused-ring (bicyclic) bond motifs is 1. The van der Waals surface area contributed by atoms with Crippen LogP contribution in [0.25, 0.3) is 0 Å². The minimum absolute atomic E-state index is 0.107. The highest BCUT2D eigenvalue weighted by Gasteiger charge is 2.30. The molecule has 0 heterocycles. The van der Waals surface area contributed by atoms with E-state index in [1.165, 1.54) is 26.4 Å². The number of rotatable bonds is 7. The average Bonchev–Trinajstić information content (AvgIpc) is 2.72. The van der Waals surface area contributed by atoms with Crippen molar-refractivity contribution in [2.45, 2.75) is 30.2 Å². The third-order valence-electron chi connectivity index (χ3n) is 4.94. The molecule has 1 amide bonds. The highest BCUT2D eigenvalue weighted by Crippen LogP contribution is 2.36. The number of sulfonamides is 1. The van der Waals surface area contributed by atoms with Gasteiger partial charge in [0.2, 0.25) is 0 Å². The lowest BCUT2D eigenvalue weighted by Gasteiger charge is -2.28. The molecule has 1 aliphatic carbocycles. The molecule has 1 aliphatic rings. The summed E-state index contributed by atoms with van der Waals surface area (Å²) in [5.74, 6) is 0.156. The summed E-state index contributed by atoms with van der Waals surface area (Å²) >= 11 is 6.01. The van der Waals surface area contributed by atoms with Crippen molar-refractivity contribution in [2.75, 3.05) is 25.6 Å². The molecule has 1 atom stereocenters. The van der Waals surface area contributed by atoms with Crippen molar-refractivity contribution in [3.63, 3.8) is 0 Å². The van der Waals surface area contributed by atoms with Crippen LogP contribution in [0.2, 0.25) is 5.02 Å². The Bertz CT molecular complexity index is 1060. The Kier molecular flexibility index (Phi) is 6.72. The van der Waals surface area contributed by atoms with Crippen LogP contribution in [-0.4, -0.2) is 41.3 Å². The van der Waals surface area contributed by atoms with Crippen molar-refractivity contribution >= 4 is 33.2 Å². The van der Waals surface area contributed by atoms with Crippen LogP contribution in [0.15, 0.2) is 35.2 Å². The fraction of sp³-hybridized carbons (Fsp3) is 0.350. The maximum Gasteiger partial charge on any atom is 0.262 e. The summed E-state index contributed by atoms with van der Waals surface area (Å²) in [4.78, 5) is 11.5. The third kappa shape index (κ3) is 4.62. The predicted octanol–water partition coefficient (Wildman–Crippen LogP) is 3.10. The Balaban J connectivity index is 1.98. The van der Waals surface area contributed by atoms with Gasteiger partial charge in [-0.2, -0.15) is 0 Å². The van der Waals surface area contributed by atoms with E-state index in [1.807, 2.05) is 0 Å². The zero-order chi connectivity index (χ0) is 21.9. The van der Waals surface area contributed by atoms with Gasteiger partial charge in [-0.15, -0.1) is 0 Å². The van der Waals surface area contributed by atoms with E-state index in [1.54, 1.807) is 18.2 Å². The van der Waals surface area contributed by atoms with E-state index < -0.39 is 22.6 Å². The Morgan fingerprint density at radius 3 is 2.53 bits per heavy atom. The summed E-state index contributed by atoms with van der Waals surface area (Å²) in [6.45, 7) is -1.10. The number of anilines is 1. The van der Waals surface area contributed by atoms with E-state index in [-0.39, 0.29) is 16.6 Å². The molecule has 7 nitrogen and oxygen atoms in total. The summed E-state index contributed by atoms with van der Waals surface area (Å²) in [6.07, 6.45) is 1.20. The zero-order valence-electron chi connectivity index (χ0n) is 16.5. The second kappa shape index (κ2) is 9.09. The largest absolute Gasteiger partial charge is 0.496 e. The van der Waals surface area contributed by atoms with Crippen LogP contribution < -0.4 is 19.5 Å². The molecular formula is C20H22ClFN2O5S. The van der Waals surface area contributed by atoms with Gasteiger partial charge in [-0.1, -0.05) is 11.6 Å². The number of nitrogens with one attached hydrogen (secondary N) is 2. The lowest BCUT2D eigenvalue weighted by Crippen LogP contribution is -2.40. The summed E-state index contributed by atoms with van der Waals surface area (Å²) < 4.78 is 52.1. The molecule has 10 heteroatoms. The molecule has 0 spiro atoms. The standard InChI is InChI=1S/C20H22ClFN2O5S/c1-28-17-7-8-19(14-5-4-13(10-15(14)17)23-20(25)11-22)30(26,27)24-16-9-12(21)3-6-18(16)29-2/h3,6-9,13,24H,4-5,10-11H2,1-2H3,(H,23,25)/t13-/m0/s1. The lowest BCUT2D eigenvalue weighted by atomic mass is 9.87. The molecule has 0 aliphatic heterocycles. The monoisotopic (exact) mass is 456 g/mol. The zero-order valence-corrected chi connectivity index (χ0v) is 18.1. The van der Waals surface area contributed by atoms with Crippen LogP contribution in [0.5, 0.6) is 11.5 Å². The summed E-state index contributed by atoms with van der Waals surface area (Å²) in [6, 6.07) is 7.39. The van der Waals surface area contributed by atoms with E-state index in [2.05, 4.69) is 10.0 Å². The molecule has 2 aromatic rings. The number of alkyl halides is 1. The van der Waals surface area contributed by atoms with Crippen molar-refractivity contribution in [2.24, 2.45) is 0 Å². The fourth-order valence-corrected chi connectivity index (χ4v) is 5.13. The first-order chi connectivity index (χ1) is 14.3. The molecule has 30 heavy (non-hydrogen) atoms. The van der Waals surface area contributed by atoms with Crippen LogP contribution in [0.3, 0.4) is 0 Å². The first kappa shape index (κ1) is 22.2. The first-order valence-electron chi connectivity index (χ1n) is 9.19. The van der Waals surface area contributed by atoms with Gasteiger partial charge in [0.05, 0.1) is 24.8 Å².